The van der Waals surface area contributed by atoms with Crippen LogP contribution in [0.1, 0.15) is 34.6 Å². The molecule has 0 aromatic rings. The Labute approximate surface area is 110 Å². The first-order chi connectivity index (χ1) is 8.27. The Kier molecular flexibility index (Phi) is 4.49. The van der Waals surface area contributed by atoms with E-state index in [4.69, 9.17) is 0 Å². The quantitative estimate of drug-likeness (QED) is 0.568. The highest BCUT2D eigenvalue weighted by atomic mass is 16.1. The normalized spacial score (nSPS) is 25.1. The third-order valence-corrected chi connectivity index (χ3v) is 3.89. The fourth-order valence-corrected chi connectivity index (χ4v) is 2.40. The molecule has 0 fully saturated rings. The third kappa shape index (κ3) is 2.71. The number of Topliss-reactive ketones (excluding diaryl/α,β-unsaturated/α-hetero) is 1. The Morgan fingerprint density at radius 2 is 1.78 bits per heavy atom. The van der Waals surface area contributed by atoms with Crippen molar-refractivity contribution in [2.24, 2.45) is 16.8 Å². The fourth-order valence-electron chi connectivity index (χ4n) is 2.40. The zero-order valence-corrected chi connectivity index (χ0v) is 12.5. The van der Waals surface area contributed by atoms with Gasteiger partial charge in [0.15, 0.2) is 5.78 Å². The van der Waals surface area contributed by atoms with Gasteiger partial charge in [-0.1, -0.05) is 19.4 Å². The number of hydrogen-bond donors (Lipinski definition) is 0. The first-order valence-electron chi connectivity index (χ1n) is 6.40. The summed E-state index contributed by atoms with van der Waals surface area (Å²) in [7, 11) is 3.86. The van der Waals surface area contributed by atoms with Crippen LogP contribution in [0.5, 0.6) is 0 Å². The summed E-state index contributed by atoms with van der Waals surface area (Å²) in [6.07, 6.45) is 1.76. The molecule has 0 aromatic heterocycles. The first-order valence-corrected chi connectivity index (χ1v) is 6.40. The SMILES string of the molecule is CC(=O)C1=C(N=CN(C)C)C(C)=C(C)C(C)C1C. The van der Waals surface area contributed by atoms with Crippen molar-refractivity contribution in [2.75, 3.05) is 14.1 Å². The molecule has 100 valence electrons. The van der Waals surface area contributed by atoms with Gasteiger partial charge in [-0.25, -0.2) is 4.99 Å². The number of rotatable bonds is 3. The van der Waals surface area contributed by atoms with Crippen LogP contribution < -0.4 is 0 Å². The molecule has 3 nitrogen and oxygen atoms in total. The number of nitrogens with zero attached hydrogens (tertiary/aromatic N) is 2. The lowest BCUT2D eigenvalue weighted by atomic mass is 9.75. The van der Waals surface area contributed by atoms with Crippen molar-refractivity contribution in [3.8, 4) is 0 Å². The maximum Gasteiger partial charge on any atom is 0.158 e. The lowest BCUT2D eigenvalue weighted by Gasteiger charge is -2.31. The fraction of sp³-hybridized carbons (Fsp3) is 0.600. The molecule has 0 saturated carbocycles. The predicted molar refractivity (Wildman–Crippen MR) is 76.6 cm³/mol. The zero-order chi connectivity index (χ0) is 14.0. The molecule has 0 bridgehead atoms. The largest absolute Gasteiger partial charge is 0.369 e. The van der Waals surface area contributed by atoms with Crippen molar-refractivity contribution < 1.29 is 4.79 Å². The number of aliphatic imine (C=N–C) groups is 1. The smallest absolute Gasteiger partial charge is 0.158 e. The van der Waals surface area contributed by atoms with Crippen molar-refractivity contribution in [3.05, 3.63) is 22.4 Å². The van der Waals surface area contributed by atoms with Gasteiger partial charge >= 0.3 is 0 Å². The summed E-state index contributed by atoms with van der Waals surface area (Å²) in [5, 5.41) is 0. The van der Waals surface area contributed by atoms with E-state index in [1.165, 1.54) is 5.57 Å². The second-order valence-electron chi connectivity index (χ2n) is 5.41. The second kappa shape index (κ2) is 5.51. The van der Waals surface area contributed by atoms with Gasteiger partial charge < -0.3 is 4.90 Å². The lowest BCUT2D eigenvalue weighted by molar-refractivity contribution is -0.114. The van der Waals surface area contributed by atoms with Crippen LogP contribution in [0.4, 0.5) is 0 Å². The maximum atomic E-state index is 11.9. The Morgan fingerprint density at radius 3 is 2.22 bits per heavy atom. The minimum atomic E-state index is 0.132. The van der Waals surface area contributed by atoms with Gasteiger partial charge in [0.2, 0.25) is 0 Å². The molecule has 0 saturated heterocycles. The lowest BCUT2D eigenvalue weighted by Crippen LogP contribution is -2.24. The molecule has 3 heteroatoms. The highest BCUT2D eigenvalue weighted by Crippen LogP contribution is 2.39. The Morgan fingerprint density at radius 1 is 1.22 bits per heavy atom. The van der Waals surface area contributed by atoms with Crippen LogP contribution in [-0.4, -0.2) is 31.1 Å². The van der Waals surface area contributed by atoms with E-state index in [0.29, 0.717) is 5.92 Å². The molecule has 0 aliphatic heterocycles. The van der Waals surface area contributed by atoms with Crippen LogP contribution in [0, 0.1) is 11.8 Å². The molecule has 2 atom stereocenters. The molecule has 1 aliphatic carbocycles. The average molecular weight is 248 g/mol. The van der Waals surface area contributed by atoms with Crippen LogP contribution >= 0.6 is 0 Å². The Bertz CT molecular complexity index is 441. The monoisotopic (exact) mass is 248 g/mol. The molecule has 0 N–H and O–H groups in total. The van der Waals surface area contributed by atoms with E-state index >= 15 is 0 Å². The van der Waals surface area contributed by atoms with Gasteiger partial charge in [-0.3, -0.25) is 4.79 Å². The summed E-state index contributed by atoms with van der Waals surface area (Å²) in [6.45, 7) is 10.1. The average Bonchev–Trinajstić information content (AvgIpc) is 2.28. The minimum absolute atomic E-state index is 0.132. The van der Waals surface area contributed by atoms with Gasteiger partial charge in [-0.15, -0.1) is 0 Å². The Balaban J connectivity index is 3.39. The molecule has 0 spiro atoms. The number of carbonyl (C=O) groups excluding carboxylic acids is 1. The summed E-state index contributed by atoms with van der Waals surface area (Å²) in [4.78, 5) is 18.3. The zero-order valence-electron chi connectivity index (χ0n) is 12.5. The maximum absolute atomic E-state index is 11.9. The van der Waals surface area contributed by atoms with Gasteiger partial charge in [0.1, 0.15) is 0 Å². The molecule has 0 aromatic carbocycles. The molecular formula is C15H24N2O. The highest BCUT2D eigenvalue weighted by molar-refractivity contribution is 5.96. The number of ketones is 1. The van der Waals surface area contributed by atoms with Crippen LogP contribution in [0.15, 0.2) is 27.4 Å². The summed E-state index contributed by atoms with van der Waals surface area (Å²) in [5.74, 6) is 0.773. The standard InChI is InChI=1S/C15H24N2O/c1-9-10(2)12(4)15(16-8-17(6)7)14(11(9)3)13(5)18/h8-9,11H,1-7H3. The molecule has 18 heavy (non-hydrogen) atoms. The summed E-state index contributed by atoms with van der Waals surface area (Å²) in [5.41, 5.74) is 4.20. The second-order valence-corrected chi connectivity index (χ2v) is 5.41. The van der Waals surface area contributed by atoms with Crippen LogP contribution in [-0.2, 0) is 4.79 Å². The molecule has 0 radical (unpaired) electrons. The molecule has 1 aliphatic rings. The number of carbonyl (C=O) groups is 1. The van der Waals surface area contributed by atoms with Crippen molar-refractivity contribution in [3.63, 3.8) is 0 Å². The van der Waals surface area contributed by atoms with Gasteiger partial charge in [-0.05, 0) is 38.2 Å². The third-order valence-electron chi connectivity index (χ3n) is 3.89. The molecule has 2 unspecified atom stereocenters. The van der Waals surface area contributed by atoms with Crippen LogP contribution in [0.2, 0.25) is 0 Å². The van der Waals surface area contributed by atoms with Crippen molar-refractivity contribution >= 4 is 12.1 Å². The molecule has 0 amide bonds. The van der Waals surface area contributed by atoms with E-state index in [-0.39, 0.29) is 11.7 Å². The number of hydrogen-bond acceptors (Lipinski definition) is 2. The summed E-state index contributed by atoms with van der Waals surface area (Å²) < 4.78 is 0. The van der Waals surface area contributed by atoms with Gasteiger partial charge in [0, 0.05) is 19.7 Å². The summed E-state index contributed by atoms with van der Waals surface area (Å²) in [6, 6.07) is 0. The highest BCUT2D eigenvalue weighted by Gasteiger charge is 2.30. The van der Waals surface area contributed by atoms with E-state index in [9.17, 15) is 4.79 Å². The minimum Gasteiger partial charge on any atom is -0.369 e. The molecule has 1 rings (SSSR count). The first kappa shape index (κ1) is 14.7. The van der Waals surface area contributed by atoms with Crippen molar-refractivity contribution in [2.45, 2.75) is 34.6 Å². The Hall–Kier alpha value is -1.38. The van der Waals surface area contributed by atoms with Gasteiger partial charge in [-0.2, -0.15) is 0 Å². The van der Waals surface area contributed by atoms with E-state index in [1.54, 1.807) is 13.3 Å². The van der Waals surface area contributed by atoms with E-state index in [2.05, 4.69) is 32.7 Å². The van der Waals surface area contributed by atoms with Crippen molar-refractivity contribution in [1.82, 2.24) is 4.90 Å². The van der Waals surface area contributed by atoms with E-state index in [0.717, 1.165) is 16.8 Å². The van der Waals surface area contributed by atoms with Gasteiger partial charge in [0.25, 0.3) is 0 Å². The number of allylic oxidation sites excluding steroid dienone is 3. The van der Waals surface area contributed by atoms with E-state index < -0.39 is 0 Å². The van der Waals surface area contributed by atoms with Crippen LogP contribution in [0.3, 0.4) is 0 Å². The topological polar surface area (TPSA) is 32.7 Å². The predicted octanol–water partition coefficient (Wildman–Crippen LogP) is 3.04. The van der Waals surface area contributed by atoms with Crippen LogP contribution in [0.25, 0.3) is 0 Å². The molecular weight excluding hydrogens is 224 g/mol. The molecule has 0 heterocycles. The van der Waals surface area contributed by atoms with E-state index in [1.807, 2.05) is 19.0 Å². The summed E-state index contributed by atoms with van der Waals surface area (Å²) >= 11 is 0. The van der Waals surface area contributed by atoms with Crippen molar-refractivity contribution in [1.29, 1.82) is 0 Å². The van der Waals surface area contributed by atoms with Gasteiger partial charge in [0.05, 0.1) is 12.0 Å².